The predicted molar refractivity (Wildman–Crippen MR) is 113 cm³/mol. The largest absolute Gasteiger partial charge is 0.453 e. The van der Waals surface area contributed by atoms with Gasteiger partial charge in [-0.05, 0) is 49.3 Å². The van der Waals surface area contributed by atoms with E-state index in [4.69, 9.17) is 0 Å². The van der Waals surface area contributed by atoms with Crippen molar-refractivity contribution >= 4 is 17.7 Å². The van der Waals surface area contributed by atoms with Crippen molar-refractivity contribution in [2.45, 2.75) is 52.0 Å². The number of rotatable bonds is 8. The van der Waals surface area contributed by atoms with Crippen LogP contribution in [0.3, 0.4) is 0 Å². The molecule has 156 valence electrons. The average molecular weight is 391 g/mol. The molecule has 7 heteroatoms. The van der Waals surface area contributed by atoms with Gasteiger partial charge < -0.3 is 20.5 Å². The Morgan fingerprint density at radius 2 is 1.89 bits per heavy atom. The Bertz CT molecular complexity index is 620. The molecule has 0 saturated heterocycles. The fourth-order valence-electron chi connectivity index (χ4n) is 3.70. The first-order valence-corrected chi connectivity index (χ1v) is 10.2. The van der Waals surface area contributed by atoms with Gasteiger partial charge in [0.25, 0.3) is 0 Å². The van der Waals surface area contributed by atoms with Crippen molar-refractivity contribution in [2.75, 3.05) is 32.1 Å². The number of hydrogen-bond acceptors (Lipinski definition) is 4. The maximum absolute atomic E-state index is 11.2. The van der Waals surface area contributed by atoms with Gasteiger partial charge in [0.1, 0.15) is 0 Å². The van der Waals surface area contributed by atoms with Gasteiger partial charge in [-0.25, -0.2) is 9.79 Å². The fourth-order valence-corrected chi connectivity index (χ4v) is 3.70. The lowest BCUT2D eigenvalue weighted by Gasteiger charge is -2.37. The Morgan fingerprint density at radius 3 is 2.50 bits per heavy atom. The van der Waals surface area contributed by atoms with Gasteiger partial charge in [-0.3, -0.25) is 5.32 Å². The molecule has 1 aromatic carbocycles. The van der Waals surface area contributed by atoms with Gasteiger partial charge in [0.2, 0.25) is 0 Å². The van der Waals surface area contributed by atoms with Crippen LogP contribution in [0.1, 0.15) is 51.0 Å². The molecule has 7 nitrogen and oxygen atoms in total. The molecule has 0 atom stereocenters. The van der Waals surface area contributed by atoms with Crippen LogP contribution in [-0.4, -0.2) is 44.0 Å². The summed E-state index contributed by atoms with van der Waals surface area (Å²) in [6, 6.07) is 7.54. The SMILES string of the molecule is CCNC(=NCc1ccc(NC(=O)OC)cc1)NCC1(CCO)CCCCC1. The Kier molecular flexibility index (Phi) is 9.07. The minimum absolute atomic E-state index is 0.171. The zero-order chi connectivity index (χ0) is 20.2. The summed E-state index contributed by atoms with van der Waals surface area (Å²) in [5.41, 5.74) is 1.91. The number of guanidine groups is 1. The summed E-state index contributed by atoms with van der Waals surface area (Å²) in [6.07, 6.45) is 6.45. The zero-order valence-corrected chi connectivity index (χ0v) is 17.1. The Hall–Kier alpha value is -2.28. The molecule has 1 aliphatic carbocycles. The normalized spacial score (nSPS) is 16.3. The molecule has 0 unspecified atom stereocenters. The number of benzene rings is 1. The van der Waals surface area contributed by atoms with E-state index in [-0.39, 0.29) is 12.0 Å². The highest BCUT2D eigenvalue weighted by Gasteiger charge is 2.31. The first kappa shape index (κ1) is 22.0. The number of carbonyl (C=O) groups is 1. The molecular weight excluding hydrogens is 356 g/mol. The average Bonchev–Trinajstić information content (AvgIpc) is 2.72. The number of aliphatic imine (C=N–C) groups is 1. The van der Waals surface area contributed by atoms with Crippen LogP contribution in [0.5, 0.6) is 0 Å². The van der Waals surface area contributed by atoms with Crippen molar-refractivity contribution < 1.29 is 14.6 Å². The lowest BCUT2D eigenvalue weighted by molar-refractivity contribution is 0.131. The lowest BCUT2D eigenvalue weighted by atomic mass is 9.72. The first-order valence-electron chi connectivity index (χ1n) is 10.2. The molecule has 4 N–H and O–H groups in total. The van der Waals surface area contributed by atoms with Gasteiger partial charge >= 0.3 is 6.09 Å². The van der Waals surface area contributed by atoms with E-state index in [1.807, 2.05) is 24.3 Å². The molecule has 1 fully saturated rings. The topological polar surface area (TPSA) is 95.0 Å². The van der Waals surface area contributed by atoms with E-state index in [0.717, 1.165) is 43.9 Å². The number of anilines is 1. The number of carbonyl (C=O) groups excluding carboxylic acids is 1. The van der Waals surface area contributed by atoms with Gasteiger partial charge in [-0.1, -0.05) is 31.4 Å². The van der Waals surface area contributed by atoms with Gasteiger partial charge in [0, 0.05) is 25.4 Å². The van der Waals surface area contributed by atoms with Gasteiger partial charge in [-0.15, -0.1) is 0 Å². The van der Waals surface area contributed by atoms with E-state index in [2.05, 4.69) is 32.6 Å². The summed E-state index contributed by atoms with van der Waals surface area (Å²) in [7, 11) is 1.34. The Labute approximate surface area is 168 Å². The summed E-state index contributed by atoms with van der Waals surface area (Å²) in [5, 5.41) is 18.9. The van der Waals surface area contributed by atoms with E-state index in [1.165, 1.54) is 26.4 Å². The fraction of sp³-hybridized carbons (Fsp3) is 0.619. The van der Waals surface area contributed by atoms with Crippen molar-refractivity contribution in [1.29, 1.82) is 0 Å². The molecule has 0 radical (unpaired) electrons. The minimum Gasteiger partial charge on any atom is -0.453 e. The zero-order valence-electron chi connectivity index (χ0n) is 17.1. The summed E-state index contributed by atoms with van der Waals surface area (Å²) >= 11 is 0. The number of methoxy groups -OCH3 is 1. The monoisotopic (exact) mass is 390 g/mol. The smallest absolute Gasteiger partial charge is 0.411 e. The Balaban J connectivity index is 1.94. The lowest BCUT2D eigenvalue weighted by Crippen LogP contribution is -2.44. The van der Waals surface area contributed by atoms with Crippen LogP contribution in [0.25, 0.3) is 0 Å². The number of hydrogen-bond donors (Lipinski definition) is 4. The number of amides is 1. The molecule has 0 aromatic heterocycles. The number of nitrogens with one attached hydrogen (secondary N) is 3. The predicted octanol–water partition coefficient (Wildman–Crippen LogP) is 3.25. The van der Waals surface area contributed by atoms with Gasteiger partial charge in [0.05, 0.1) is 13.7 Å². The molecule has 0 bridgehead atoms. The van der Waals surface area contributed by atoms with E-state index in [9.17, 15) is 9.90 Å². The Morgan fingerprint density at radius 1 is 1.18 bits per heavy atom. The summed E-state index contributed by atoms with van der Waals surface area (Å²) in [6.45, 7) is 4.46. The number of ether oxygens (including phenoxy) is 1. The second kappa shape index (κ2) is 11.5. The summed E-state index contributed by atoms with van der Waals surface area (Å²) in [5.74, 6) is 0.794. The molecular formula is C21H34N4O3. The van der Waals surface area contributed by atoms with Crippen LogP contribution in [0, 0.1) is 5.41 Å². The van der Waals surface area contributed by atoms with Crippen LogP contribution in [0.15, 0.2) is 29.3 Å². The van der Waals surface area contributed by atoms with Crippen molar-refractivity contribution in [2.24, 2.45) is 10.4 Å². The third-order valence-corrected chi connectivity index (χ3v) is 5.34. The molecule has 0 heterocycles. The van der Waals surface area contributed by atoms with Crippen molar-refractivity contribution in [3.05, 3.63) is 29.8 Å². The standard InChI is InChI=1S/C21H34N4O3/c1-3-22-19(24-16-21(13-14-26)11-5-4-6-12-21)23-15-17-7-9-18(10-8-17)25-20(27)28-2/h7-10,26H,3-6,11-16H2,1-2H3,(H,25,27)(H2,22,23,24). The second-order valence-electron chi connectivity index (χ2n) is 7.40. The van der Waals surface area contributed by atoms with Crippen LogP contribution in [0.4, 0.5) is 10.5 Å². The third-order valence-electron chi connectivity index (χ3n) is 5.34. The highest BCUT2D eigenvalue weighted by molar-refractivity contribution is 5.84. The van der Waals surface area contributed by atoms with Crippen LogP contribution >= 0.6 is 0 Å². The van der Waals surface area contributed by atoms with Crippen molar-refractivity contribution in [1.82, 2.24) is 10.6 Å². The number of aliphatic hydroxyl groups excluding tert-OH is 1. The molecule has 1 aromatic rings. The molecule has 0 aliphatic heterocycles. The molecule has 0 spiro atoms. The summed E-state index contributed by atoms with van der Waals surface area (Å²) in [4.78, 5) is 15.9. The van der Waals surface area contributed by atoms with Crippen LogP contribution in [-0.2, 0) is 11.3 Å². The van der Waals surface area contributed by atoms with Gasteiger partial charge in [0.15, 0.2) is 5.96 Å². The second-order valence-corrected chi connectivity index (χ2v) is 7.40. The first-order chi connectivity index (χ1) is 13.6. The van der Waals surface area contributed by atoms with E-state index < -0.39 is 6.09 Å². The molecule has 2 rings (SSSR count). The minimum atomic E-state index is -0.482. The van der Waals surface area contributed by atoms with E-state index >= 15 is 0 Å². The van der Waals surface area contributed by atoms with Crippen LogP contribution < -0.4 is 16.0 Å². The highest BCUT2D eigenvalue weighted by Crippen LogP contribution is 2.38. The number of nitrogens with zero attached hydrogens (tertiary/aromatic N) is 1. The van der Waals surface area contributed by atoms with Gasteiger partial charge in [-0.2, -0.15) is 0 Å². The third kappa shape index (κ3) is 7.03. The molecule has 28 heavy (non-hydrogen) atoms. The highest BCUT2D eigenvalue weighted by atomic mass is 16.5. The van der Waals surface area contributed by atoms with Crippen molar-refractivity contribution in [3.63, 3.8) is 0 Å². The maximum atomic E-state index is 11.2. The van der Waals surface area contributed by atoms with Crippen molar-refractivity contribution in [3.8, 4) is 0 Å². The summed E-state index contributed by atoms with van der Waals surface area (Å²) < 4.78 is 4.59. The molecule has 1 amide bonds. The van der Waals surface area contributed by atoms with E-state index in [0.29, 0.717) is 12.2 Å². The maximum Gasteiger partial charge on any atom is 0.411 e. The van der Waals surface area contributed by atoms with E-state index in [1.54, 1.807) is 0 Å². The molecule has 1 saturated carbocycles. The number of aliphatic hydroxyl groups is 1. The molecule has 1 aliphatic rings. The van der Waals surface area contributed by atoms with Crippen LogP contribution in [0.2, 0.25) is 0 Å². The quantitative estimate of drug-likeness (QED) is 0.404.